The minimum absolute atomic E-state index is 0.125. The van der Waals surface area contributed by atoms with E-state index in [0.29, 0.717) is 0 Å². The highest BCUT2D eigenvalue weighted by Crippen LogP contribution is 2.54. The highest BCUT2D eigenvalue weighted by molar-refractivity contribution is 5.37. The second kappa shape index (κ2) is 3.69. The van der Waals surface area contributed by atoms with Crippen molar-refractivity contribution in [3.8, 4) is 5.69 Å². The summed E-state index contributed by atoms with van der Waals surface area (Å²) in [6, 6.07) is 10.2. The summed E-state index contributed by atoms with van der Waals surface area (Å²) in [5.74, 6) is 0. The first kappa shape index (κ1) is 11.5. The van der Waals surface area contributed by atoms with Crippen molar-refractivity contribution in [1.29, 1.82) is 0 Å². The summed E-state index contributed by atoms with van der Waals surface area (Å²) in [6.07, 6.45) is 6.42. The quantitative estimate of drug-likeness (QED) is 0.897. The molecule has 1 fully saturated rings. The van der Waals surface area contributed by atoms with Gasteiger partial charge in [-0.2, -0.15) is 5.10 Å². The van der Waals surface area contributed by atoms with Crippen LogP contribution in [0.25, 0.3) is 5.69 Å². The van der Waals surface area contributed by atoms with Crippen LogP contribution in [-0.2, 0) is 5.41 Å². The van der Waals surface area contributed by atoms with E-state index in [9.17, 15) is 0 Å². The lowest BCUT2D eigenvalue weighted by Crippen LogP contribution is -2.45. The van der Waals surface area contributed by atoms with E-state index in [-0.39, 0.29) is 11.0 Å². The van der Waals surface area contributed by atoms with Crippen molar-refractivity contribution in [2.24, 2.45) is 5.73 Å². The van der Waals surface area contributed by atoms with E-state index in [2.05, 4.69) is 37.3 Å². The molecule has 0 aliphatic heterocycles. The monoisotopic (exact) mass is 241 g/mol. The summed E-state index contributed by atoms with van der Waals surface area (Å²) in [5.41, 5.74) is 8.62. The highest BCUT2D eigenvalue weighted by atomic mass is 15.3. The van der Waals surface area contributed by atoms with E-state index in [1.54, 1.807) is 0 Å². The van der Waals surface area contributed by atoms with Crippen molar-refractivity contribution in [1.82, 2.24) is 9.78 Å². The minimum Gasteiger partial charge on any atom is -0.325 e. The van der Waals surface area contributed by atoms with Gasteiger partial charge in [-0.15, -0.1) is 0 Å². The van der Waals surface area contributed by atoms with E-state index >= 15 is 0 Å². The van der Waals surface area contributed by atoms with Gasteiger partial charge in [0.25, 0.3) is 0 Å². The molecule has 1 aromatic carbocycles. The molecular weight excluding hydrogens is 222 g/mol. The van der Waals surface area contributed by atoms with Crippen LogP contribution in [0.1, 0.15) is 32.3 Å². The van der Waals surface area contributed by atoms with Gasteiger partial charge in [0, 0.05) is 17.2 Å². The maximum atomic E-state index is 6.32. The zero-order valence-electron chi connectivity index (χ0n) is 10.9. The fourth-order valence-electron chi connectivity index (χ4n) is 2.72. The molecule has 1 aliphatic carbocycles. The molecule has 0 atom stereocenters. The topological polar surface area (TPSA) is 43.8 Å². The van der Waals surface area contributed by atoms with Crippen LogP contribution >= 0.6 is 0 Å². The van der Waals surface area contributed by atoms with E-state index in [1.807, 2.05) is 29.1 Å². The first-order valence-corrected chi connectivity index (χ1v) is 6.42. The lowest BCUT2D eigenvalue weighted by atomic mass is 9.81. The first-order chi connectivity index (χ1) is 8.53. The van der Waals surface area contributed by atoms with Gasteiger partial charge in [0.15, 0.2) is 0 Å². The zero-order valence-corrected chi connectivity index (χ0v) is 10.9. The Kier molecular flexibility index (Phi) is 2.35. The Morgan fingerprint density at radius 2 is 1.89 bits per heavy atom. The summed E-state index contributed by atoms with van der Waals surface area (Å²) in [6.45, 7) is 4.22. The summed E-state index contributed by atoms with van der Waals surface area (Å²) in [5, 5.41) is 4.47. The van der Waals surface area contributed by atoms with Crippen LogP contribution in [0.3, 0.4) is 0 Å². The van der Waals surface area contributed by atoms with E-state index in [1.165, 1.54) is 5.56 Å². The summed E-state index contributed by atoms with van der Waals surface area (Å²) in [4.78, 5) is 0. The largest absolute Gasteiger partial charge is 0.325 e. The van der Waals surface area contributed by atoms with Crippen molar-refractivity contribution in [2.45, 2.75) is 37.6 Å². The van der Waals surface area contributed by atoms with Crippen molar-refractivity contribution >= 4 is 0 Å². The molecule has 0 spiro atoms. The van der Waals surface area contributed by atoms with Crippen LogP contribution in [0.15, 0.2) is 42.7 Å². The standard InChI is InChI=1S/C15H19N3/c1-14(2,16)15(8-9-15)12-10-17-18(11-12)13-6-4-3-5-7-13/h3-7,10-11H,8-9,16H2,1-2H3. The number of nitrogens with two attached hydrogens (primary N) is 1. The highest BCUT2D eigenvalue weighted by Gasteiger charge is 2.54. The maximum Gasteiger partial charge on any atom is 0.0645 e. The van der Waals surface area contributed by atoms with Gasteiger partial charge in [0.2, 0.25) is 0 Å². The molecule has 1 aliphatic rings. The van der Waals surface area contributed by atoms with Gasteiger partial charge in [0.1, 0.15) is 0 Å². The molecule has 0 saturated heterocycles. The van der Waals surface area contributed by atoms with Gasteiger partial charge in [-0.3, -0.25) is 0 Å². The molecule has 94 valence electrons. The number of nitrogens with zero attached hydrogens (tertiary/aromatic N) is 2. The molecule has 1 saturated carbocycles. The van der Waals surface area contributed by atoms with Crippen LogP contribution in [0.2, 0.25) is 0 Å². The summed E-state index contributed by atoms with van der Waals surface area (Å²) < 4.78 is 1.93. The Hall–Kier alpha value is -1.61. The second-order valence-electron chi connectivity index (χ2n) is 5.81. The fourth-order valence-corrected chi connectivity index (χ4v) is 2.72. The second-order valence-corrected chi connectivity index (χ2v) is 5.81. The predicted molar refractivity (Wildman–Crippen MR) is 72.7 cm³/mol. The Morgan fingerprint density at radius 1 is 1.22 bits per heavy atom. The molecule has 2 N–H and O–H groups in total. The van der Waals surface area contributed by atoms with Crippen LogP contribution in [0, 0.1) is 0 Å². The fraction of sp³-hybridized carbons (Fsp3) is 0.400. The third kappa shape index (κ3) is 1.66. The number of aromatic nitrogens is 2. The number of para-hydroxylation sites is 1. The van der Waals surface area contributed by atoms with Crippen molar-refractivity contribution in [3.63, 3.8) is 0 Å². The number of benzene rings is 1. The summed E-state index contributed by atoms with van der Waals surface area (Å²) in [7, 11) is 0. The van der Waals surface area contributed by atoms with Gasteiger partial charge >= 0.3 is 0 Å². The molecule has 0 radical (unpaired) electrons. The Balaban J connectivity index is 1.96. The third-order valence-electron chi connectivity index (χ3n) is 4.14. The Labute approximate surface area is 108 Å². The van der Waals surface area contributed by atoms with Crippen molar-refractivity contribution in [2.75, 3.05) is 0 Å². The first-order valence-electron chi connectivity index (χ1n) is 6.42. The molecule has 1 aromatic heterocycles. The van der Waals surface area contributed by atoms with Crippen molar-refractivity contribution < 1.29 is 0 Å². The van der Waals surface area contributed by atoms with Gasteiger partial charge in [-0.1, -0.05) is 18.2 Å². The van der Waals surface area contributed by atoms with Gasteiger partial charge in [-0.05, 0) is 44.4 Å². The van der Waals surface area contributed by atoms with Gasteiger partial charge < -0.3 is 5.73 Å². The van der Waals surface area contributed by atoms with Crippen LogP contribution < -0.4 is 5.73 Å². The zero-order chi connectivity index (χ0) is 12.8. The molecular formula is C15H19N3. The third-order valence-corrected chi connectivity index (χ3v) is 4.14. The molecule has 3 heteroatoms. The molecule has 3 rings (SSSR count). The summed E-state index contributed by atoms with van der Waals surface area (Å²) >= 11 is 0. The number of hydrogen-bond acceptors (Lipinski definition) is 2. The molecule has 0 bridgehead atoms. The van der Waals surface area contributed by atoms with E-state index < -0.39 is 0 Å². The SMILES string of the molecule is CC(C)(N)C1(c2cnn(-c3ccccc3)c2)CC1. The minimum atomic E-state index is -0.183. The molecule has 18 heavy (non-hydrogen) atoms. The Bertz CT molecular complexity index is 545. The van der Waals surface area contributed by atoms with Gasteiger partial charge in [0.05, 0.1) is 11.9 Å². The van der Waals surface area contributed by atoms with Gasteiger partial charge in [-0.25, -0.2) is 4.68 Å². The van der Waals surface area contributed by atoms with Crippen LogP contribution in [-0.4, -0.2) is 15.3 Å². The van der Waals surface area contributed by atoms with E-state index in [4.69, 9.17) is 5.73 Å². The average molecular weight is 241 g/mol. The van der Waals surface area contributed by atoms with Crippen LogP contribution in [0.4, 0.5) is 0 Å². The number of hydrogen-bond donors (Lipinski definition) is 1. The average Bonchev–Trinajstić information content (AvgIpc) is 3.03. The lowest BCUT2D eigenvalue weighted by Gasteiger charge is -2.29. The molecule has 0 amide bonds. The normalized spacial score (nSPS) is 17.7. The van der Waals surface area contributed by atoms with Crippen molar-refractivity contribution in [3.05, 3.63) is 48.3 Å². The molecule has 3 nitrogen and oxygen atoms in total. The van der Waals surface area contributed by atoms with E-state index in [0.717, 1.165) is 18.5 Å². The molecule has 2 aromatic rings. The molecule has 0 unspecified atom stereocenters. The number of rotatable bonds is 3. The molecule has 1 heterocycles. The maximum absolute atomic E-state index is 6.32. The lowest BCUT2D eigenvalue weighted by molar-refractivity contribution is 0.391. The Morgan fingerprint density at radius 3 is 2.44 bits per heavy atom. The van der Waals surface area contributed by atoms with Crippen LogP contribution in [0.5, 0.6) is 0 Å². The smallest absolute Gasteiger partial charge is 0.0645 e. The predicted octanol–water partition coefficient (Wildman–Crippen LogP) is 2.64.